The van der Waals surface area contributed by atoms with Crippen LogP contribution in [0.3, 0.4) is 0 Å². The fraction of sp³-hybridized carbons (Fsp3) is 0.333. The maximum Gasteiger partial charge on any atom is 0.311 e. The molecule has 0 radical (unpaired) electrons. The monoisotopic (exact) mass is 295 g/mol. The maximum atomic E-state index is 12.3. The molecule has 0 spiro atoms. The molecule has 0 aliphatic heterocycles. The highest BCUT2D eigenvalue weighted by Gasteiger charge is 2.16. The van der Waals surface area contributed by atoms with Gasteiger partial charge in [-0.05, 0) is 22.0 Å². The summed E-state index contributed by atoms with van der Waals surface area (Å²) >= 11 is 3.00. The van der Waals surface area contributed by atoms with Crippen LogP contribution in [0.25, 0.3) is 0 Å². The Kier molecular flexibility index (Phi) is 4.17. The second-order valence-corrected chi connectivity index (χ2v) is 3.79. The van der Waals surface area contributed by atoms with Crippen LogP contribution in [0.4, 0.5) is 8.78 Å². The Hall–Kier alpha value is -1.24. The van der Waals surface area contributed by atoms with Crippen LogP contribution in [0.2, 0.25) is 0 Å². The molecule has 1 N–H and O–H groups in total. The number of alkyl halides is 2. The molecule has 0 atom stereocenters. The van der Waals surface area contributed by atoms with Gasteiger partial charge in [0, 0.05) is 10.2 Å². The first-order chi connectivity index (χ1) is 7.45. The van der Waals surface area contributed by atoms with Crippen molar-refractivity contribution < 1.29 is 18.3 Å². The number of hydrogen-bond donors (Lipinski definition) is 1. The number of esters is 1. The van der Waals surface area contributed by atoms with E-state index in [1.165, 1.54) is 7.11 Å². The lowest BCUT2D eigenvalue weighted by molar-refractivity contribution is -0.139. The summed E-state index contributed by atoms with van der Waals surface area (Å²) in [6, 6.07) is 1.00. The minimum Gasteiger partial charge on any atom is -0.469 e. The molecule has 1 aromatic heterocycles. The predicted molar refractivity (Wildman–Crippen MR) is 55.4 cm³/mol. The lowest BCUT2D eigenvalue weighted by atomic mass is 10.2. The summed E-state index contributed by atoms with van der Waals surface area (Å²) in [5, 5.41) is 0. The van der Waals surface area contributed by atoms with Crippen LogP contribution in [0.5, 0.6) is 0 Å². The van der Waals surface area contributed by atoms with Gasteiger partial charge < -0.3 is 9.72 Å². The lowest BCUT2D eigenvalue weighted by Crippen LogP contribution is -2.18. The van der Waals surface area contributed by atoms with E-state index in [2.05, 4.69) is 25.7 Å². The van der Waals surface area contributed by atoms with E-state index in [4.69, 9.17) is 0 Å². The van der Waals surface area contributed by atoms with Gasteiger partial charge in [-0.1, -0.05) is 0 Å². The van der Waals surface area contributed by atoms with Crippen molar-refractivity contribution >= 4 is 21.9 Å². The summed E-state index contributed by atoms with van der Waals surface area (Å²) in [4.78, 5) is 24.4. The Morgan fingerprint density at radius 3 is 2.75 bits per heavy atom. The zero-order valence-corrected chi connectivity index (χ0v) is 9.81. The van der Waals surface area contributed by atoms with Gasteiger partial charge in [-0.25, -0.2) is 8.78 Å². The molecule has 7 heteroatoms. The van der Waals surface area contributed by atoms with E-state index >= 15 is 0 Å². The number of carbonyl (C=O) groups is 1. The average molecular weight is 296 g/mol. The fourth-order valence-electron chi connectivity index (χ4n) is 1.07. The van der Waals surface area contributed by atoms with Crippen LogP contribution in [0, 0.1) is 0 Å². The third-order valence-electron chi connectivity index (χ3n) is 1.88. The molecule has 1 aromatic rings. The molecule has 0 saturated carbocycles. The quantitative estimate of drug-likeness (QED) is 0.865. The SMILES string of the molecule is COC(=O)Cc1[nH]c(=O)c(C(F)F)cc1Br. The first-order valence-electron chi connectivity index (χ1n) is 4.22. The number of rotatable bonds is 3. The van der Waals surface area contributed by atoms with Gasteiger partial charge in [-0.3, -0.25) is 9.59 Å². The van der Waals surface area contributed by atoms with Gasteiger partial charge in [0.1, 0.15) is 0 Å². The third kappa shape index (κ3) is 2.88. The zero-order chi connectivity index (χ0) is 12.3. The minimum atomic E-state index is -2.85. The van der Waals surface area contributed by atoms with Crippen LogP contribution in [-0.4, -0.2) is 18.1 Å². The second kappa shape index (κ2) is 5.20. The van der Waals surface area contributed by atoms with Gasteiger partial charge in [0.25, 0.3) is 12.0 Å². The van der Waals surface area contributed by atoms with E-state index in [9.17, 15) is 18.4 Å². The van der Waals surface area contributed by atoms with E-state index in [0.29, 0.717) is 0 Å². The van der Waals surface area contributed by atoms with Crippen molar-refractivity contribution in [1.82, 2.24) is 4.98 Å². The van der Waals surface area contributed by atoms with Crippen molar-refractivity contribution in [3.63, 3.8) is 0 Å². The fourth-order valence-corrected chi connectivity index (χ4v) is 1.55. The van der Waals surface area contributed by atoms with Crippen molar-refractivity contribution in [2.24, 2.45) is 0 Å². The van der Waals surface area contributed by atoms with Gasteiger partial charge in [-0.15, -0.1) is 0 Å². The summed E-state index contributed by atoms with van der Waals surface area (Å²) in [5.74, 6) is -0.568. The maximum absolute atomic E-state index is 12.3. The van der Waals surface area contributed by atoms with Crippen LogP contribution in [0.1, 0.15) is 17.7 Å². The van der Waals surface area contributed by atoms with Crippen LogP contribution in [-0.2, 0) is 16.0 Å². The highest BCUT2D eigenvalue weighted by atomic mass is 79.9. The van der Waals surface area contributed by atoms with E-state index in [1.807, 2.05) is 0 Å². The smallest absolute Gasteiger partial charge is 0.311 e. The van der Waals surface area contributed by atoms with Crippen molar-refractivity contribution in [2.45, 2.75) is 12.8 Å². The number of H-pyrrole nitrogens is 1. The minimum absolute atomic E-state index is 0.185. The largest absolute Gasteiger partial charge is 0.469 e. The average Bonchev–Trinajstić information content (AvgIpc) is 2.22. The molecule has 0 unspecified atom stereocenters. The van der Waals surface area contributed by atoms with Gasteiger partial charge in [-0.2, -0.15) is 0 Å². The molecule has 0 aliphatic carbocycles. The van der Waals surface area contributed by atoms with E-state index in [1.54, 1.807) is 0 Å². The number of halogens is 3. The summed E-state index contributed by atoms with van der Waals surface area (Å²) in [6.07, 6.45) is -3.04. The summed E-state index contributed by atoms with van der Waals surface area (Å²) < 4.78 is 29.3. The Bertz CT molecular complexity index is 459. The summed E-state index contributed by atoms with van der Waals surface area (Å²) in [5.41, 5.74) is -1.33. The van der Waals surface area contributed by atoms with Crippen molar-refractivity contribution in [2.75, 3.05) is 7.11 Å². The van der Waals surface area contributed by atoms with Crippen molar-refractivity contribution in [1.29, 1.82) is 0 Å². The Labute approximate surface area is 97.7 Å². The third-order valence-corrected chi connectivity index (χ3v) is 2.59. The Morgan fingerprint density at radius 1 is 1.62 bits per heavy atom. The molecule has 16 heavy (non-hydrogen) atoms. The number of aromatic nitrogens is 1. The highest BCUT2D eigenvalue weighted by Crippen LogP contribution is 2.21. The molecule has 1 heterocycles. The van der Waals surface area contributed by atoms with E-state index < -0.39 is 23.5 Å². The van der Waals surface area contributed by atoms with Gasteiger partial charge in [0.15, 0.2) is 0 Å². The molecule has 4 nitrogen and oxygen atoms in total. The highest BCUT2D eigenvalue weighted by molar-refractivity contribution is 9.10. The van der Waals surface area contributed by atoms with E-state index in [0.717, 1.165) is 6.07 Å². The van der Waals surface area contributed by atoms with Gasteiger partial charge in [0.2, 0.25) is 0 Å². The second-order valence-electron chi connectivity index (χ2n) is 2.93. The molecule has 0 fully saturated rings. The molecule has 0 bridgehead atoms. The predicted octanol–water partition coefficient (Wildman–Crippen LogP) is 1.79. The van der Waals surface area contributed by atoms with Crippen LogP contribution < -0.4 is 5.56 Å². The van der Waals surface area contributed by atoms with Crippen molar-refractivity contribution in [3.8, 4) is 0 Å². The van der Waals surface area contributed by atoms with Gasteiger partial charge in [0.05, 0.1) is 19.1 Å². The lowest BCUT2D eigenvalue weighted by Gasteiger charge is -2.05. The molecule has 0 saturated heterocycles. The number of pyridine rings is 1. The normalized spacial score (nSPS) is 10.6. The molecular weight excluding hydrogens is 288 g/mol. The molecule has 0 aliphatic rings. The van der Waals surface area contributed by atoms with Gasteiger partial charge >= 0.3 is 5.97 Å². The molecule has 0 aromatic carbocycles. The summed E-state index contributed by atoms with van der Waals surface area (Å²) in [7, 11) is 1.20. The van der Waals surface area contributed by atoms with Crippen LogP contribution >= 0.6 is 15.9 Å². The first-order valence-corrected chi connectivity index (χ1v) is 5.01. The number of methoxy groups -OCH3 is 1. The Morgan fingerprint density at radius 2 is 2.25 bits per heavy atom. The molecule has 88 valence electrons. The molecule has 0 amide bonds. The van der Waals surface area contributed by atoms with Crippen LogP contribution in [0.15, 0.2) is 15.3 Å². The number of nitrogens with one attached hydrogen (secondary N) is 1. The first kappa shape index (κ1) is 12.8. The number of aromatic amines is 1. The Balaban J connectivity index is 3.11. The summed E-state index contributed by atoms with van der Waals surface area (Å²) in [6.45, 7) is 0. The van der Waals surface area contributed by atoms with Crippen molar-refractivity contribution in [3.05, 3.63) is 32.2 Å². The number of carbonyl (C=O) groups excluding carboxylic acids is 1. The zero-order valence-electron chi connectivity index (χ0n) is 8.22. The standard InChI is InChI=1S/C9H8BrF2NO3/c1-16-7(14)3-6-5(10)2-4(8(11)12)9(15)13-6/h2,8H,3H2,1H3,(H,13,15). The number of hydrogen-bond acceptors (Lipinski definition) is 3. The molecular formula is C9H8BrF2NO3. The molecule has 1 rings (SSSR count). The number of ether oxygens (including phenoxy) is 1. The topological polar surface area (TPSA) is 59.2 Å². The van der Waals surface area contributed by atoms with E-state index in [-0.39, 0.29) is 16.6 Å².